The van der Waals surface area contributed by atoms with Crippen molar-refractivity contribution < 1.29 is 4.74 Å². The number of fused-ring (bicyclic) bond motifs is 7. The second-order valence-electron chi connectivity index (χ2n) is 13.9. The molecule has 1 aromatic heterocycles. The lowest BCUT2D eigenvalue weighted by atomic mass is 9.34. The van der Waals surface area contributed by atoms with Crippen molar-refractivity contribution in [1.82, 2.24) is 4.57 Å². The van der Waals surface area contributed by atoms with Crippen LogP contribution in [-0.4, -0.2) is 11.3 Å². The van der Waals surface area contributed by atoms with Crippen LogP contribution in [0.15, 0.2) is 97.1 Å². The molecule has 0 aliphatic carbocycles. The summed E-state index contributed by atoms with van der Waals surface area (Å²) < 4.78 is 9.26. The summed E-state index contributed by atoms with van der Waals surface area (Å²) in [7, 11) is 0. The Labute approximate surface area is 242 Å². The molecule has 2 aliphatic rings. The van der Waals surface area contributed by atoms with Gasteiger partial charge < -0.3 is 9.30 Å². The highest BCUT2D eigenvalue weighted by Gasteiger charge is 2.41. The van der Waals surface area contributed by atoms with E-state index in [9.17, 15) is 0 Å². The van der Waals surface area contributed by atoms with Crippen molar-refractivity contribution in [3.8, 4) is 28.3 Å². The first-order valence-electron chi connectivity index (χ1n) is 14.7. The third kappa shape index (κ3) is 3.51. The summed E-state index contributed by atoms with van der Waals surface area (Å²) in [5, 5.41) is 2.67. The number of benzene rings is 5. The van der Waals surface area contributed by atoms with Crippen LogP contribution in [-0.2, 0) is 10.8 Å². The number of ether oxygens (including phenoxy) is 1. The Hall–Kier alpha value is -4.24. The zero-order valence-electron chi connectivity index (χ0n) is 24.7. The van der Waals surface area contributed by atoms with E-state index in [-0.39, 0.29) is 17.5 Å². The van der Waals surface area contributed by atoms with E-state index in [1.54, 1.807) is 0 Å². The van der Waals surface area contributed by atoms with E-state index in [2.05, 4.69) is 143 Å². The molecule has 41 heavy (non-hydrogen) atoms. The maximum Gasteiger partial charge on any atom is 0.256 e. The molecule has 8 rings (SSSR count). The van der Waals surface area contributed by atoms with Crippen molar-refractivity contribution in [2.75, 3.05) is 0 Å². The van der Waals surface area contributed by atoms with Crippen LogP contribution in [0.4, 0.5) is 0 Å². The normalized spacial score (nSPS) is 13.8. The standard InChI is InChI=1S/C38H34BNO/c1-37(2,3)25-16-17-31-27(20-25)28-21-26(38(4,5)6)22-30-36(28)40(31)32-18-24(23-12-8-7-9-13-23)19-34-35(32)39(30)29-14-10-11-15-33(29)41-34/h7-22H,1-6H3. The number of aromatic nitrogens is 1. The summed E-state index contributed by atoms with van der Waals surface area (Å²) in [6.07, 6.45) is 0. The molecule has 2 nitrogen and oxygen atoms in total. The molecule has 2 aliphatic heterocycles. The Kier molecular flexibility index (Phi) is 4.89. The van der Waals surface area contributed by atoms with Crippen molar-refractivity contribution in [3.63, 3.8) is 0 Å². The minimum Gasteiger partial charge on any atom is -0.458 e. The topological polar surface area (TPSA) is 14.2 Å². The van der Waals surface area contributed by atoms with Gasteiger partial charge in [-0.25, -0.2) is 0 Å². The van der Waals surface area contributed by atoms with Gasteiger partial charge in [-0.2, -0.15) is 0 Å². The molecule has 0 bridgehead atoms. The highest BCUT2D eigenvalue weighted by Crippen LogP contribution is 2.42. The van der Waals surface area contributed by atoms with E-state index in [1.807, 2.05) is 0 Å². The number of nitrogens with zero attached hydrogens (tertiary/aromatic N) is 1. The molecule has 0 unspecified atom stereocenters. The molecule has 0 atom stereocenters. The van der Waals surface area contributed by atoms with Crippen LogP contribution in [0, 0.1) is 0 Å². The minimum atomic E-state index is 0.0196. The maximum absolute atomic E-state index is 6.73. The predicted molar refractivity (Wildman–Crippen MR) is 175 cm³/mol. The molecular weight excluding hydrogens is 497 g/mol. The fraction of sp³-hybridized carbons (Fsp3) is 0.211. The summed E-state index contributed by atoms with van der Waals surface area (Å²) in [5.41, 5.74) is 12.9. The molecule has 0 fully saturated rings. The van der Waals surface area contributed by atoms with Crippen molar-refractivity contribution >= 4 is 44.9 Å². The number of hydrogen-bond donors (Lipinski definition) is 0. The smallest absolute Gasteiger partial charge is 0.256 e. The van der Waals surface area contributed by atoms with E-state index in [4.69, 9.17) is 4.74 Å². The Bertz CT molecular complexity index is 2040. The molecule has 0 saturated carbocycles. The molecule has 200 valence electrons. The molecule has 0 N–H and O–H groups in total. The van der Waals surface area contributed by atoms with Crippen molar-refractivity contribution in [1.29, 1.82) is 0 Å². The van der Waals surface area contributed by atoms with Crippen molar-refractivity contribution in [2.45, 2.75) is 52.4 Å². The van der Waals surface area contributed by atoms with Crippen LogP contribution in [0.2, 0.25) is 0 Å². The van der Waals surface area contributed by atoms with Gasteiger partial charge in [0.15, 0.2) is 0 Å². The average molecular weight is 532 g/mol. The Morgan fingerprint density at radius 2 is 1.29 bits per heavy atom. The van der Waals surface area contributed by atoms with Gasteiger partial charge in [0.2, 0.25) is 0 Å². The molecule has 5 aromatic carbocycles. The zero-order valence-corrected chi connectivity index (χ0v) is 24.7. The lowest BCUT2D eigenvalue weighted by Crippen LogP contribution is -2.58. The summed E-state index contributed by atoms with van der Waals surface area (Å²) in [4.78, 5) is 0. The van der Waals surface area contributed by atoms with Crippen LogP contribution >= 0.6 is 0 Å². The summed E-state index contributed by atoms with van der Waals surface area (Å²) in [5.74, 6) is 1.91. The number of hydrogen-bond acceptors (Lipinski definition) is 1. The molecule has 6 aromatic rings. The van der Waals surface area contributed by atoms with Gasteiger partial charge in [0.1, 0.15) is 11.5 Å². The Morgan fingerprint density at radius 1 is 0.585 bits per heavy atom. The molecule has 0 saturated heterocycles. The monoisotopic (exact) mass is 531 g/mol. The lowest BCUT2D eigenvalue weighted by molar-refractivity contribution is 0.487. The van der Waals surface area contributed by atoms with Gasteiger partial charge in [0.05, 0.1) is 5.52 Å². The molecule has 3 heteroatoms. The molecule has 0 spiro atoms. The van der Waals surface area contributed by atoms with Crippen molar-refractivity contribution in [3.05, 3.63) is 108 Å². The van der Waals surface area contributed by atoms with E-state index < -0.39 is 0 Å². The fourth-order valence-electron chi connectivity index (χ4n) is 6.93. The maximum atomic E-state index is 6.73. The van der Waals surface area contributed by atoms with E-state index in [0.29, 0.717) is 0 Å². The third-order valence-electron chi connectivity index (χ3n) is 9.14. The van der Waals surface area contributed by atoms with Gasteiger partial charge in [0, 0.05) is 22.0 Å². The van der Waals surface area contributed by atoms with Crippen LogP contribution in [0.1, 0.15) is 52.7 Å². The second kappa shape index (κ2) is 8.16. The Morgan fingerprint density at radius 3 is 2.05 bits per heavy atom. The Balaban J connectivity index is 1.57. The van der Waals surface area contributed by atoms with Gasteiger partial charge in [-0.1, -0.05) is 102 Å². The largest absolute Gasteiger partial charge is 0.458 e. The van der Waals surface area contributed by atoms with Crippen LogP contribution in [0.5, 0.6) is 11.5 Å². The van der Waals surface area contributed by atoms with E-state index in [1.165, 1.54) is 66.1 Å². The third-order valence-corrected chi connectivity index (χ3v) is 9.14. The van der Waals surface area contributed by atoms with Crippen molar-refractivity contribution in [2.24, 2.45) is 0 Å². The zero-order chi connectivity index (χ0) is 28.3. The van der Waals surface area contributed by atoms with Crippen LogP contribution < -0.4 is 21.1 Å². The van der Waals surface area contributed by atoms with E-state index in [0.717, 1.165) is 11.5 Å². The summed E-state index contributed by atoms with van der Waals surface area (Å²) in [6, 6.07) is 36.0. The lowest BCUT2D eigenvalue weighted by Gasteiger charge is -2.34. The predicted octanol–water partition coefficient (Wildman–Crippen LogP) is 7.98. The first-order valence-corrected chi connectivity index (χ1v) is 14.7. The highest BCUT2D eigenvalue weighted by atomic mass is 16.5. The van der Waals surface area contributed by atoms with Crippen LogP contribution in [0.3, 0.4) is 0 Å². The SMILES string of the molecule is CC(C)(C)c1ccc2c(c1)c1cc(C(C)(C)C)cc3c1n2-c1cc(-c2ccccc2)cc2c1B3c1ccccc1O2. The quantitative estimate of drug-likeness (QED) is 0.196. The first kappa shape index (κ1) is 24.6. The first-order chi connectivity index (χ1) is 19.6. The molecule has 3 heterocycles. The average Bonchev–Trinajstić information content (AvgIpc) is 3.28. The van der Waals surface area contributed by atoms with E-state index >= 15 is 0 Å². The number of rotatable bonds is 1. The molecule has 0 radical (unpaired) electrons. The summed E-state index contributed by atoms with van der Waals surface area (Å²) in [6.45, 7) is 14.0. The van der Waals surface area contributed by atoms with Gasteiger partial charge in [-0.3, -0.25) is 0 Å². The fourth-order valence-corrected chi connectivity index (χ4v) is 6.93. The minimum absolute atomic E-state index is 0.0196. The highest BCUT2D eigenvalue weighted by molar-refractivity contribution is 6.99. The van der Waals surface area contributed by atoms with Gasteiger partial charge in [-0.15, -0.1) is 0 Å². The number of para-hydroxylation sites is 1. The van der Waals surface area contributed by atoms with Gasteiger partial charge >= 0.3 is 0 Å². The molecular formula is C38H34BNO. The summed E-state index contributed by atoms with van der Waals surface area (Å²) >= 11 is 0. The van der Waals surface area contributed by atoms with Gasteiger partial charge in [0.25, 0.3) is 6.71 Å². The second-order valence-corrected chi connectivity index (χ2v) is 13.9. The molecule has 0 amide bonds. The van der Waals surface area contributed by atoms with Gasteiger partial charge in [-0.05, 0) is 85.9 Å². The van der Waals surface area contributed by atoms with Crippen LogP contribution in [0.25, 0.3) is 38.6 Å².